The number of aryl methyl sites for hydroxylation is 1. The van der Waals surface area contributed by atoms with Crippen LogP contribution in [-0.4, -0.2) is 54.0 Å². The van der Waals surface area contributed by atoms with E-state index in [9.17, 15) is 14.9 Å². The lowest BCUT2D eigenvalue weighted by Gasteiger charge is -2.34. The molecular weight excluding hydrogens is 428 g/mol. The second-order valence-electron chi connectivity index (χ2n) is 6.96. The van der Waals surface area contributed by atoms with Crippen LogP contribution in [0.1, 0.15) is 15.9 Å². The number of rotatable bonds is 4. The van der Waals surface area contributed by atoms with E-state index in [1.54, 1.807) is 23.3 Å². The summed E-state index contributed by atoms with van der Waals surface area (Å²) in [6.45, 7) is 4.22. The van der Waals surface area contributed by atoms with Crippen LogP contribution in [0, 0.1) is 17.0 Å². The Bertz CT molecular complexity index is 1140. The maximum absolute atomic E-state index is 12.9. The minimum Gasteiger partial charge on any atom is -0.494 e. The maximum Gasteiger partial charge on any atom is 0.270 e. The minimum atomic E-state index is -0.533. The topological polar surface area (TPSA) is 88.8 Å². The molecule has 0 unspecified atom stereocenters. The molecule has 1 saturated heterocycles. The fourth-order valence-corrected chi connectivity index (χ4v) is 4.76. The highest BCUT2D eigenvalue weighted by Gasteiger charge is 2.27. The second kappa shape index (κ2) is 8.08. The average molecular weight is 447 g/mol. The molecule has 1 aromatic heterocycles. The van der Waals surface area contributed by atoms with Crippen molar-refractivity contribution in [1.82, 2.24) is 9.88 Å². The Hall–Kier alpha value is -2.91. The quantitative estimate of drug-likeness (QED) is 0.442. The van der Waals surface area contributed by atoms with Gasteiger partial charge in [-0.25, -0.2) is 4.98 Å². The van der Waals surface area contributed by atoms with Gasteiger partial charge in [0.2, 0.25) is 0 Å². The Morgan fingerprint density at radius 3 is 2.63 bits per heavy atom. The lowest BCUT2D eigenvalue weighted by Crippen LogP contribution is -2.48. The number of piperazine rings is 1. The summed E-state index contributed by atoms with van der Waals surface area (Å²) < 4.78 is 6.52. The number of hydrogen-bond donors (Lipinski definition) is 0. The molecule has 4 rings (SSSR count). The van der Waals surface area contributed by atoms with E-state index in [0.29, 0.717) is 26.2 Å². The molecule has 156 valence electrons. The largest absolute Gasteiger partial charge is 0.494 e. The Balaban J connectivity index is 1.51. The van der Waals surface area contributed by atoms with Crippen molar-refractivity contribution in [2.24, 2.45) is 0 Å². The first-order valence-corrected chi connectivity index (χ1v) is 10.5. The number of non-ortho nitro benzene ring substituents is 1. The highest BCUT2D eigenvalue weighted by Crippen LogP contribution is 2.36. The smallest absolute Gasteiger partial charge is 0.270 e. The molecule has 8 nitrogen and oxygen atoms in total. The van der Waals surface area contributed by atoms with E-state index in [2.05, 4.69) is 4.90 Å². The summed E-state index contributed by atoms with van der Waals surface area (Å²) in [6, 6.07) is 7.85. The summed E-state index contributed by atoms with van der Waals surface area (Å²) in [5.74, 6) is 0.442. The van der Waals surface area contributed by atoms with Gasteiger partial charge in [0, 0.05) is 38.3 Å². The van der Waals surface area contributed by atoms with Crippen molar-refractivity contribution in [3.05, 3.63) is 56.6 Å². The SMILES string of the molecule is COc1ccc(C)c2sc(N3CCN(C(=O)c4cc([N+](=O)[O-])ccc4Cl)CC3)nc12. The Labute approximate surface area is 181 Å². The zero-order valence-corrected chi connectivity index (χ0v) is 18.0. The van der Waals surface area contributed by atoms with Gasteiger partial charge in [-0.3, -0.25) is 14.9 Å². The molecule has 30 heavy (non-hydrogen) atoms. The van der Waals surface area contributed by atoms with Crippen molar-refractivity contribution < 1.29 is 14.5 Å². The highest BCUT2D eigenvalue weighted by molar-refractivity contribution is 7.22. The first-order chi connectivity index (χ1) is 14.4. The van der Waals surface area contributed by atoms with Crippen LogP contribution in [0.25, 0.3) is 10.2 Å². The van der Waals surface area contributed by atoms with E-state index in [1.807, 2.05) is 19.1 Å². The van der Waals surface area contributed by atoms with Crippen LogP contribution in [0.3, 0.4) is 0 Å². The van der Waals surface area contributed by atoms with Crippen molar-refractivity contribution in [3.8, 4) is 5.75 Å². The van der Waals surface area contributed by atoms with Gasteiger partial charge in [-0.05, 0) is 24.6 Å². The molecule has 0 bridgehead atoms. The van der Waals surface area contributed by atoms with E-state index >= 15 is 0 Å². The molecule has 10 heteroatoms. The van der Waals surface area contributed by atoms with E-state index in [0.717, 1.165) is 26.7 Å². The number of thiazole rings is 1. The molecule has 2 heterocycles. The molecule has 3 aromatic rings. The predicted molar refractivity (Wildman–Crippen MR) is 117 cm³/mol. The lowest BCUT2D eigenvalue weighted by atomic mass is 10.1. The number of aromatic nitrogens is 1. The third-order valence-electron chi connectivity index (χ3n) is 5.14. The van der Waals surface area contributed by atoms with E-state index < -0.39 is 4.92 Å². The first kappa shape index (κ1) is 20.4. The molecule has 0 N–H and O–H groups in total. The van der Waals surface area contributed by atoms with Crippen molar-refractivity contribution >= 4 is 49.9 Å². The number of hydrogen-bond acceptors (Lipinski definition) is 7. The molecule has 0 atom stereocenters. The van der Waals surface area contributed by atoms with Gasteiger partial charge in [-0.1, -0.05) is 29.0 Å². The molecular formula is C20H19ClN4O4S. The van der Waals surface area contributed by atoms with Crippen LogP contribution in [0.2, 0.25) is 5.02 Å². The van der Waals surface area contributed by atoms with E-state index in [4.69, 9.17) is 21.3 Å². The molecule has 2 aromatic carbocycles. The average Bonchev–Trinajstić information content (AvgIpc) is 3.20. The van der Waals surface area contributed by atoms with Crippen LogP contribution in [-0.2, 0) is 0 Å². The number of nitrogens with zero attached hydrogens (tertiary/aromatic N) is 4. The zero-order valence-electron chi connectivity index (χ0n) is 16.4. The van der Waals surface area contributed by atoms with E-state index in [-0.39, 0.29) is 22.2 Å². The summed E-state index contributed by atoms with van der Waals surface area (Å²) >= 11 is 7.74. The Morgan fingerprint density at radius 1 is 1.23 bits per heavy atom. The number of anilines is 1. The standard InChI is InChI=1S/C20H19ClN4O4S/c1-12-3-6-16(29-2)17-18(12)30-20(22-17)24-9-7-23(8-10-24)19(26)14-11-13(25(27)28)4-5-15(14)21/h3-6,11H,7-10H2,1-2H3. The van der Waals surface area contributed by atoms with Crippen molar-refractivity contribution in [3.63, 3.8) is 0 Å². The summed E-state index contributed by atoms with van der Waals surface area (Å²) in [5.41, 5.74) is 1.99. The molecule has 1 aliphatic heterocycles. The van der Waals surface area contributed by atoms with Crippen LogP contribution in [0.4, 0.5) is 10.8 Å². The number of fused-ring (bicyclic) bond motifs is 1. The molecule has 1 amide bonds. The van der Waals surface area contributed by atoms with Gasteiger partial charge >= 0.3 is 0 Å². The Morgan fingerprint density at radius 2 is 1.97 bits per heavy atom. The summed E-state index contributed by atoms with van der Waals surface area (Å²) in [7, 11) is 1.63. The Kier molecular flexibility index (Phi) is 5.48. The normalized spacial score (nSPS) is 14.2. The predicted octanol–water partition coefficient (Wildman–Crippen LogP) is 4.14. The van der Waals surface area contributed by atoms with Crippen molar-refractivity contribution in [2.45, 2.75) is 6.92 Å². The number of amides is 1. The summed E-state index contributed by atoms with van der Waals surface area (Å²) in [4.78, 5) is 31.9. The van der Waals surface area contributed by atoms with Crippen LogP contribution < -0.4 is 9.64 Å². The molecule has 0 saturated carbocycles. The van der Waals surface area contributed by atoms with Crippen LogP contribution in [0.5, 0.6) is 5.75 Å². The first-order valence-electron chi connectivity index (χ1n) is 9.31. The number of halogens is 1. The number of nitro groups is 1. The van der Waals surface area contributed by atoms with Crippen molar-refractivity contribution in [2.75, 3.05) is 38.2 Å². The van der Waals surface area contributed by atoms with Gasteiger partial charge in [0.1, 0.15) is 11.3 Å². The fraction of sp³-hybridized carbons (Fsp3) is 0.300. The van der Waals surface area contributed by atoms with Gasteiger partial charge in [0.05, 0.1) is 27.3 Å². The number of ether oxygens (including phenoxy) is 1. The minimum absolute atomic E-state index is 0.152. The van der Waals surface area contributed by atoms with Crippen molar-refractivity contribution in [1.29, 1.82) is 0 Å². The molecule has 0 radical (unpaired) electrons. The monoisotopic (exact) mass is 446 g/mol. The number of nitro benzene ring substituents is 1. The summed E-state index contributed by atoms with van der Waals surface area (Å²) in [6.07, 6.45) is 0. The molecule has 1 fully saturated rings. The van der Waals surface area contributed by atoms with Gasteiger partial charge in [-0.15, -0.1) is 0 Å². The van der Waals surface area contributed by atoms with Crippen LogP contribution >= 0.6 is 22.9 Å². The maximum atomic E-state index is 12.9. The second-order valence-corrected chi connectivity index (χ2v) is 8.34. The lowest BCUT2D eigenvalue weighted by molar-refractivity contribution is -0.384. The number of carbonyl (C=O) groups is 1. The molecule has 0 spiro atoms. The number of benzene rings is 2. The fourth-order valence-electron chi connectivity index (χ4n) is 3.46. The third-order valence-corrected chi connectivity index (χ3v) is 6.72. The van der Waals surface area contributed by atoms with Gasteiger partial charge in [-0.2, -0.15) is 0 Å². The zero-order chi connectivity index (χ0) is 21.4. The van der Waals surface area contributed by atoms with Gasteiger partial charge in [0.15, 0.2) is 5.13 Å². The van der Waals surface area contributed by atoms with E-state index in [1.165, 1.54) is 18.2 Å². The van der Waals surface area contributed by atoms with Gasteiger partial charge < -0.3 is 14.5 Å². The summed E-state index contributed by atoms with van der Waals surface area (Å²) in [5, 5.41) is 12.1. The molecule has 0 aliphatic carbocycles. The molecule has 1 aliphatic rings. The number of methoxy groups -OCH3 is 1. The highest BCUT2D eigenvalue weighted by atomic mass is 35.5. The third kappa shape index (κ3) is 3.66. The van der Waals surface area contributed by atoms with Gasteiger partial charge in [0.25, 0.3) is 11.6 Å². The van der Waals surface area contributed by atoms with Crippen LogP contribution in [0.15, 0.2) is 30.3 Å². The number of carbonyl (C=O) groups excluding carboxylic acids is 1.